The number of carbonyl (C=O) groups excluding carboxylic acids is 2. The van der Waals surface area contributed by atoms with E-state index in [1.165, 1.54) is 0 Å². The molecule has 1 aliphatic rings. The number of carbonyl (C=O) groups is 2. The molecule has 1 aliphatic heterocycles. The smallest absolute Gasteiger partial charge is 0.246 e. The molecule has 1 aromatic heterocycles. The molecule has 2 amide bonds. The standard InChI is InChI=1S/C16H26N4O3/c1-4-12(5-2)16(22)20-8-6-13(7-9-20)15(21)17-10-14-18-11(3)19-23-14/h12-13H,4-10H2,1-3H3,(H,17,21). The highest BCUT2D eigenvalue weighted by atomic mass is 16.5. The van der Waals surface area contributed by atoms with Crippen LogP contribution in [0.2, 0.25) is 0 Å². The van der Waals surface area contributed by atoms with E-state index in [0.29, 0.717) is 37.6 Å². The van der Waals surface area contributed by atoms with Crippen molar-refractivity contribution in [2.24, 2.45) is 11.8 Å². The first-order chi connectivity index (χ1) is 11.0. The summed E-state index contributed by atoms with van der Waals surface area (Å²) in [7, 11) is 0. The van der Waals surface area contributed by atoms with E-state index in [9.17, 15) is 9.59 Å². The third-order valence-corrected chi connectivity index (χ3v) is 4.50. The van der Waals surface area contributed by atoms with E-state index in [1.807, 2.05) is 18.7 Å². The van der Waals surface area contributed by atoms with Crippen LogP contribution in [0.4, 0.5) is 0 Å². The van der Waals surface area contributed by atoms with Crippen molar-refractivity contribution in [3.05, 3.63) is 11.7 Å². The highest BCUT2D eigenvalue weighted by Gasteiger charge is 2.29. The lowest BCUT2D eigenvalue weighted by Gasteiger charge is -2.33. The Balaban J connectivity index is 1.77. The van der Waals surface area contributed by atoms with Crippen LogP contribution >= 0.6 is 0 Å². The Bertz CT molecular complexity index is 531. The summed E-state index contributed by atoms with van der Waals surface area (Å²) in [4.78, 5) is 30.5. The van der Waals surface area contributed by atoms with E-state index < -0.39 is 0 Å². The quantitative estimate of drug-likeness (QED) is 0.860. The van der Waals surface area contributed by atoms with Crippen molar-refractivity contribution in [2.45, 2.75) is 53.0 Å². The normalized spacial score (nSPS) is 15.9. The summed E-state index contributed by atoms with van der Waals surface area (Å²) in [6.07, 6.45) is 3.17. The average Bonchev–Trinajstić information content (AvgIpc) is 2.99. The molecule has 128 valence electrons. The number of aryl methyl sites for hydroxylation is 1. The second kappa shape index (κ2) is 8.08. The fourth-order valence-corrected chi connectivity index (χ4v) is 2.98. The highest BCUT2D eigenvalue weighted by Crippen LogP contribution is 2.21. The molecule has 0 unspecified atom stereocenters. The number of piperidine rings is 1. The topological polar surface area (TPSA) is 88.3 Å². The van der Waals surface area contributed by atoms with Crippen molar-refractivity contribution in [1.82, 2.24) is 20.4 Å². The van der Waals surface area contributed by atoms with Crippen molar-refractivity contribution < 1.29 is 14.1 Å². The van der Waals surface area contributed by atoms with Gasteiger partial charge < -0.3 is 14.7 Å². The van der Waals surface area contributed by atoms with Gasteiger partial charge in [0.15, 0.2) is 5.82 Å². The van der Waals surface area contributed by atoms with Gasteiger partial charge in [-0.1, -0.05) is 19.0 Å². The molecule has 0 spiro atoms. The minimum absolute atomic E-state index is 0.00418. The van der Waals surface area contributed by atoms with Gasteiger partial charge in [-0.2, -0.15) is 4.98 Å². The number of amides is 2. The van der Waals surface area contributed by atoms with E-state index >= 15 is 0 Å². The van der Waals surface area contributed by atoms with Gasteiger partial charge in [-0.05, 0) is 32.6 Å². The third-order valence-electron chi connectivity index (χ3n) is 4.50. The van der Waals surface area contributed by atoms with Gasteiger partial charge in [0, 0.05) is 24.9 Å². The molecule has 1 fully saturated rings. The van der Waals surface area contributed by atoms with Crippen molar-refractivity contribution >= 4 is 11.8 Å². The summed E-state index contributed by atoms with van der Waals surface area (Å²) in [5, 5.41) is 6.52. The summed E-state index contributed by atoms with van der Waals surface area (Å²) in [5.41, 5.74) is 0. The van der Waals surface area contributed by atoms with Gasteiger partial charge in [0.05, 0.1) is 6.54 Å². The number of hydrogen-bond donors (Lipinski definition) is 1. The van der Waals surface area contributed by atoms with E-state index in [1.54, 1.807) is 6.92 Å². The zero-order valence-electron chi connectivity index (χ0n) is 14.2. The molecule has 0 bridgehead atoms. The molecule has 0 saturated carbocycles. The first-order valence-corrected chi connectivity index (χ1v) is 8.40. The molecule has 1 saturated heterocycles. The molecule has 0 aromatic carbocycles. The maximum absolute atomic E-state index is 12.3. The molecular formula is C16H26N4O3. The summed E-state index contributed by atoms with van der Waals surface area (Å²) in [6, 6.07) is 0. The largest absolute Gasteiger partial charge is 0.347 e. The van der Waals surface area contributed by atoms with E-state index in [2.05, 4.69) is 15.5 Å². The molecule has 7 heteroatoms. The second-order valence-corrected chi connectivity index (χ2v) is 6.07. The van der Waals surface area contributed by atoms with E-state index in [4.69, 9.17) is 4.52 Å². The van der Waals surface area contributed by atoms with Crippen molar-refractivity contribution in [2.75, 3.05) is 13.1 Å². The number of likely N-dealkylation sites (tertiary alicyclic amines) is 1. The fourth-order valence-electron chi connectivity index (χ4n) is 2.98. The number of nitrogens with one attached hydrogen (secondary N) is 1. The van der Waals surface area contributed by atoms with Gasteiger partial charge in [0.25, 0.3) is 0 Å². The van der Waals surface area contributed by atoms with Crippen LogP contribution in [-0.4, -0.2) is 39.9 Å². The van der Waals surface area contributed by atoms with Crippen LogP contribution in [0.5, 0.6) is 0 Å². The molecule has 7 nitrogen and oxygen atoms in total. The summed E-state index contributed by atoms with van der Waals surface area (Å²) in [5.74, 6) is 1.26. The molecule has 0 radical (unpaired) electrons. The molecule has 23 heavy (non-hydrogen) atoms. The highest BCUT2D eigenvalue weighted by molar-refractivity contribution is 5.81. The van der Waals surface area contributed by atoms with Gasteiger partial charge in [-0.25, -0.2) is 0 Å². The number of hydrogen-bond acceptors (Lipinski definition) is 5. The van der Waals surface area contributed by atoms with Crippen molar-refractivity contribution in [1.29, 1.82) is 0 Å². The lowest BCUT2D eigenvalue weighted by atomic mass is 9.93. The first-order valence-electron chi connectivity index (χ1n) is 8.40. The van der Waals surface area contributed by atoms with Crippen LogP contribution in [0.3, 0.4) is 0 Å². The zero-order chi connectivity index (χ0) is 16.8. The predicted octanol–water partition coefficient (Wildman–Crippen LogP) is 1.67. The summed E-state index contributed by atoms with van der Waals surface area (Å²) in [6.45, 7) is 7.41. The molecule has 1 aromatic rings. The molecular weight excluding hydrogens is 296 g/mol. The second-order valence-electron chi connectivity index (χ2n) is 6.07. The SMILES string of the molecule is CCC(CC)C(=O)N1CCC(C(=O)NCc2nc(C)no2)CC1. The molecule has 2 heterocycles. The average molecular weight is 322 g/mol. The Hall–Kier alpha value is -1.92. The maximum Gasteiger partial charge on any atom is 0.246 e. The van der Waals surface area contributed by atoms with Crippen LogP contribution in [0.1, 0.15) is 51.2 Å². The Morgan fingerprint density at radius 2 is 1.96 bits per heavy atom. The predicted molar refractivity (Wildman–Crippen MR) is 84.3 cm³/mol. The summed E-state index contributed by atoms with van der Waals surface area (Å²) < 4.78 is 4.97. The summed E-state index contributed by atoms with van der Waals surface area (Å²) >= 11 is 0. The Morgan fingerprint density at radius 3 is 2.48 bits per heavy atom. The zero-order valence-corrected chi connectivity index (χ0v) is 14.2. The minimum Gasteiger partial charge on any atom is -0.347 e. The van der Waals surface area contributed by atoms with Crippen molar-refractivity contribution in [3.8, 4) is 0 Å². The van der Waals surface area contributed by atoms with Gasteiger partial charge in [-0.15, -0.1) is 0 Å². The number of rotatable bonds is 6. The van der Waals surface area contributed by atoms with Crippen LogP contribution < -0.4 is 5.32 Å². The fraction of sp³-hybridized carbons (Fsp3) is 0.750. The van der Waals surface area contributed by atoms with Gasteiger partial charge >= 0.3 is 0 Å². The molecule has 1 N–H and O–H groups in total. The number of nitrogens with zero attached hydrogens (tertiary/aromatic N) is 3. The molecule has 2 rings (SSSR count). The Labute approximate surface area is 136 Å². The first kappa shape index (κ1) is 17.4. The Kier molecular flexibility index (Phi) is 6.12. The van der Waals surface area contributed by atoms with Crippen LogP contribution in [-0.2, 0) is 16.1 Å². The number of aromatic nitrogens is 2. The minimum atomic E-state index is -0.0511. The van der Waals surface area contributed by atoms with Crippen LogP contribution in [0.25, 0.3) is 0 Å². The molecule has 0 atom stereocenters. The van der Waals surface area contributed by atoms with Crippen molar-refractivity contribution in [3.63, 3.8) is 0 Å². The van der Waals surface area contributed by atoms with Gasteiger partial charge in [0.1, 0.15) is 0 Å². The third kappa shape index (κ3) is 4.53. The lowest BCUT2D eigenvalue weighted by Crippen LogP contribution is -2.44. The van der Waals surface area contributed by atoms with Gasteiger partial charge in [0.2, 0.25) is 17.7 Å². The Morgan fingerprint density at radius 1 is 1.30 bits per heavy atom. The van der Waals surface area contributed by atoms with E-state index in [0.717, 1.165) is 12.8 Å². The molecule has 0 aliphatic carbocycles. The van der Waals surface area contributed by atoms with Gasteiger partial charge in [-0.3, -0.25) is 9.59 Å². The van der Waals surface area contributed by atoms with E-state index in [-0.39, 0.29) is 30.2 Å². The maximum atomic E-state index is 12.3. The van der Waals surface area contributed by atoms with Crippen LogP contribution in [0.15, 0.2) is 4.52 Å². The monoisotopic (exact) mass is 322 g/mol. The lowest BCUT2D eigenvalue weighted by molar-refractivity contribution is -0.139. The van der Waals surface area contributed by atoms with Crippen LogP contribution in [0, 0.1) is 18.8 Å².